The van der Waals surface area contributed by atoms with Crippen molar-refractivity contribution in [3.63, 3.8) is 0 Å². The van der Waals surface area contributed by atoms with Gasteiger partial charge in [-0.25, -0.2) is 0 Å². The lowest BCUT2D eigenvalue weighted by Crippen LogP contribution is -2.01. The monoisotopic (exact) mass is 204 g/mol. The van der Waals surface area contributed by atoms with Crippen molar-refractivity contribution in [2.45, 2.75) is 0 Å². The Balaban J connectivity index is 2.11. The maximum atomic E-state index is 8.59. The van der Waals surface area contributed by atoms with Crippen LogP contribution >= 0.6 is 0 Å². The van der Waals surface area contributed by atoms with E-state index in [1.807, 2.05) is 36.4 Å². The first-order valence-electron chi connectivity index (χ1n) is 4.78. The number of hydrogen-bond donors (Lipinski definition) is 1. The minimum absolute atomic E-state index is 0.0277. The largest absolute Gasteiger partial charge is 0.491 e. The van der Waals surface area contributed by atoms with Gasteiger partial charge in [0.1, 0.15) is 18.1 Å². The molecule has 78 valence electrons. The minimum atomic E-state index is 0.0277. The van der Waals surface area contributed by atoms with Gasteiger partial charge in [-0.1, -0.05) is 0 Å². The van der Waals surface area contributed by atoms with Crippen molar-refractivity contribution in [1.29, 1.82) is 0 Å². The van der Waals surface area contributed by atoms with Gasteiger partial charge in [-0.05, 0) is 36.4 Å². The molecule has 0 atom stereocenters. The van der Waals surface area contributed by atoms with E-state index < -0.39 is 0 Å². The van der Waals surface area contributed by atoms with Crippen LogP contribution in [-0.4, -0.2) is 18.3 Å². The number of rotatable bonds is 4. The first kappa shape index (κ1) is 9.80. The van der Waals surface area contributed by atoms with E-state index in [0.717, 1.165) is 17.1 Å². The van der Waals surface area contributed by atoms with Crippen LogP contribution in [-0.2, 0) is 0 Å². The predicted octanol–water partition coefficient (Wildman–Crippen LogP) is 2.32. The Labute approximate surface area is 87.9 Å². The SMILES string of the molecule is OCCOc1ccc(-c2ccco2)cc1. The molecule has 0 radical (unpaired) electrons. The van der Waals surface area contributed by atoms with E-state index in [-0.39, 0.29) is 6.61 Å². The van der Waals surface area contributed by atoms with Crippen LogP contribution in [0.25, 0.3) is 11.3 Å². The van der Waals surface area contributed by atoms with E-state index in [4.69, 9.17) is 14.3 Å². The van der Waals surface area contributed by atoms with Crippen LogP contribution in [0.4, 0.5) is 0 Å². The van der Waals surface area contributed by atoms with Gasteiger partial charge >= 0.3 is 0 Å². The van der Waals surface area contributed by atoms with Crippen molar-refractivity contribution < 1.29 is 14.3 Å². The molecule has 0 saturated carbocycles. The van der Waals surface area contributed by atoms with Crippen LogP contribution in [0.2, 0.25) is 0 Å². The Hall–Kier alpha value is -1.74. The Kier molecular flexibility index (Phi) is 3.05. The Morgan fingerprint density at radius 3 is 2.53 bits per heavy atom. The van der Waals surface area contributed by atoms with Crippen molar-refractivity contribution >= 4 is 0 Å². The number of benzene rings is 1. The predicted molar refractivity (Wildman–Crippen MR) is 56.7 cm³/mol. The van der Waals surface area contributed by atoms with Gasteiger partial charge in [0, 0.05) is 5.56 Å². The lowest BCUT2D eigenvalue weighted by atomic mass is 10.2. The number of furan rings is 1. The summed E-state index contributed by atoms with van der Waals surface area (Å²) in [5, 5.41) is 8.59. The molecule has 0 bridgehead atoms. The molecule has 1 aromatic carbocycles. The number of aliphatic hydroxyl groups excluding tert-OH is 1. The molecule has 0 aliphatic carbocycles. The Bertz CT molecular complexity index is 389. The summed E-state index contributed by atoms with van der Waals surface area (Å²) >= 11 is 0. The molecule has 0 unspecified atom stereocenters. The quantitative estimate of drug-likeness (QED) is 0.831. The maximum absolute atomic E-state index is 8.59. The van der Waals surface area contributed by atoms with Crippen molar-refractivity contribution in [1.82, 2.24) is 0 Å². The van der Waals surface area contributed by atoms with E-state index in [1.165, 1.54) is 0 Å². The minimum Gasteiger partial charge on any atom is -0.491 e. The summed E-state index contributed by atoms with van der Waals surface area (Å²) < 4.78 is 10.5. The number of hydrogen-bond acceptors (Lipinski definition) is 3. The molecule has 15 heavy (non-hydrogen) atoms. The summed E-state index contributed by atoms with van der Waals surface area (Å²) in [6.45, 7) is 0.347. The summed E-state index contributed by atoms with van der Waals surface area (Å²) in [6.07, 6.45) is 1.64. The van der Waals surface area contributed by atoms with Crippen LogP contribution in [0.5, 0.6) is 5.75 Å². The second-order valence-electron chi connectivity index (χ2n) is 3.07. The normalized spacial score (nSPS) is 10.2. The average molecular weight is 204 g/mol. The summed E-state index contributed by atoms with van der Waals surface area (Å²) in [7, 11) is 0. The molecule has 2 rings (SSSR count). The summed E-state index contributed by atoms with van der Waals surface area (Å²) in [5.74, 6) is 1.59. The van der Waals surface area contributed by atoms with Gasteiger partial charge in [0.2, 0.25) is 0 Å². The van der Waals surface area contributed by atoms with Crippen molar-refractivity contribution in [2.75, 3.05) is 13.2 Å². The zero-order chi connectivity index (χ0) is 10.5. The maximum Gasteiger partial charge on any atom is 0.133 e. The van der Waals surface area contributed by atoms with E-state index in [0.29, 0.717) is 6.61 Å². The smallest absolute Gasteiger partial charge is 0.133 e. The molecule has 0 amide bonds. The fourth-order valence-electron chi connectivity index (χ4n) is 1.32. The summed E-state index contributed by atoms with van der Waals surface area (Å²) in [4.78, 5) is 0. The lowest BCUT2D eigenvalue weighted by Gasteiger charge is -2.04. The van der Waals surface area contributed by atoms with Gasteiger partial charge < -0.3 is 14.3 Å². The molecule has 1 heterocycles. The molecule has 3 nitrogen and oxygen atoms in total. The van der Waals surface area contributed by atoms with E-state index in [1.54, 1.807) is 6.26 Å². The number of ether oxygens (including phenoxy) is 1. The molecular weight excluding hydrogens is 192 g/mol. The van der Waals surface area contributed by atoms with Crippen LogP contribution in [0.1, 0.15) is 0 Å². The van der Waals surface area contributed by atoms with Gasteiger partial charge in [-0.3, -0.25) is 0 Å². The molecule has 0 saturated heterocycles. The standard InChI is InChI=1S/C12H12O3/c13-7-9-14-11-5-3-10(4-6-11)12-2-1-8-15-12/h1-6,8,13H,7,9H2. The molecule has 0 fully saturated rings. The van der Waals surface area contributed by atoms with Crippen LogP contribution in [0.3, 0.4) is 0 Å². The van der Waals surface area contributed by atoms with Crippen LogP contribution in [0.15, 0.2) is 47.1 Å². The second kappa shape index (κ2) is 4.66. The molecule has 0 aliphatic heterocycles. The third-order valence-corrected chi connectivity index (χ3v) is 2.02. The number of aliphatic hydroxyl groups is 1. The third kappa shape index (κ3) is 2.39. The highest BCUT2D eigenvalue weighted by atomic mass is 16.5. The highest BCUT2D eigenvalue weighted by Crippen LogP contribution is 2.22. The first-order valence-corrected chi connectivity index (χ1v) is 4.78. The molecule has 0 spiro atoms. The fraction of sp³-hybridized carbons (Fsp3) is 0.167. The van der Waals surface area contributed by atoms with Gasteiger partial charge in [0.15, 0.2) is 0 Å². The van der Waals surface area contributed by atoms with Crippen molar-refractivity contribution in [3.8, 4) is 17.1 Å². The molecule has 0 aliphatic rings. The zero-order valence-corrected chi connectivity index (χ0v) is 8.22. The highest BCUT2D eigenvalue weighted by molar-refractivity contribution is 5.58. The second-order valence-corrected chi connectivity index (χ2v) is 3.07. The van der Waals surface area contributed by atoms with Crippen molar-refractivity contribution in [2.24, 2.45) is 0 Å². The molecule has 3 heteroatoms. The molecule has 2 aromatic rings. The molecule has 1 N–H and O–H groups in total. The molecule has 1 aromatic heterocycles. The van der Waals surface area contributed by atoms with Crippen LogP contribution in [0, 0.1) is 0 Å². The first-order chi connectivity index (χ1) is 7.40. The van der Waals surface area contributed by atoms with Gasteiger partial charge in [-0.15, -0.1) is 0 Å². The van der Waals surface area contributed by atoms with E-state index >= 15 is 0 Å². The zero-order valence-electron chi connectivity index (χ0n) is 8.22. The molecular formula is C12H12O3. The lowest BCUT2D eigenvalue weighted by molar-refractivity contribution is 0.201. The average Bonchev–Trinajstić information content (AvgIpc) is 2.80. The summed E-state index contributed by atoms with van der Waals surface area (Å²) in [5.41, 5.74) is 1.01. The van der Waals surface area contributed by atoms with Gasteiger partial charge in [0.05, 0.1) is 12.9 Å². The van der Waals surface area contributed by atoms with Gasteiger partial charge in [-0.2, -0.15) is 0 Å². The Morgan fingerprint density at radius 2 is 1.93 bits per heavy atom. The fourth-order valence-corrected chi connectivity index (χ4v) is 1.32. The highest BCUT2D eigenvalue weighted by Gasteiger charge is 2.00. The topological polar surface area (TPSA) is 42.6 Å². The van der Waals surface area contributed by atoms with E-state index in [2.05, 4.69) is 0 Å². The van der Waals surface area contributed by atoms with E-state index in [9.17, 15) is 0 Å². The van der Waals surface area contributed by atoms with Crippen LogP contribution < -0.4 is 4.74 Å². The third-order valence-electron chi connectivity index (χ3n) is 2.02. The summed E-state index contributed by atoms with van der Waals surface area (Å²) in [6, 6.07) is 11.3. The Morgan fingerprint density at radius 1 is 1.13 bits per heavy atom. The van der Waals surface area contributed by atoms with Crippen molar-refractivity contribution in [3.05, 3.63) is 42.7 Å². The van der Waals surface area contributed by atoms with Gasteiger partial charge in [0.25, 0.3) is 0 Å².